The summed E-state index contributed by atoms with van der Waals surface area (Å²) in [5.74, 6) is 0.915. The molecule has 0 N–H and O–H groups in total. The Morgan fingerprint density at radius 1 is 1.45 bits per heavy atom. The van der Waals surface area contributed by atoms with Crippen LogP contribution in [0.25, 0.3) is 6.08 Å². The summed E-state index contributed by atoms with van der Waals surface area (Å²) < 4.78 is 11.1. The molecule has 1 aromatic carbocycles. The summed E-state index contributed by atoms with van der Waals surface area (Å²) >= 11 is 6.47. The lowest BCUT2D eigenvalue weighted by molar-refractivity contribution is -0.121. The molecule has 1 aliphatic heterocycles. The van der Waals surface area contributed by atoms with Crippen molar-refractivity contribution < 1.29 is 14.3 Å². The van der Waals surface area contributed by atoms with E-state index in [9.17, 15) is 4.79 Å². The Kier molecular flexibility index (Phi) is 5.41. The normalized spacial score (nSPS) is 16.0. The number of hydrogen-bond donors (Lipinski definition) is 0. The molecule has 22 heavy (non-hydrogen) atoms. The van der Waals surface area contributed by atoms with E-state index in [4.69, 9.17) is 27.0 Å². The monoisotopic (exact) mass is 334 g/mol. The smallest absolute Gasteiger partial charge is 0.266 e. The molecule has 1 heterocycles. The van der Waals surface area contributed by atoms with Gasteiger partial charge in [-0.15, -0.1) is 0 Å². The highest BCUT2D eigenvalue weighted by Crippen LogP contribution is 2.34. The lowest BCUT2D eigenvalue weighted by Crippen LogP contribution is -2.27. The van der Waals surface area contributed by atoms with Gasteiger partial charge in [0, 0.05) is 6.54 Å². The average molecular weight is 334 g/mol. The van der Waals surface area contributed by atoms with Crippen molar-refractivity contribution in [3.8, 4) is 17.6 Å². The van der Waals surface area contributed by atoms with Crippen LogP contribution in [0.1, 0.15) is 12.5 Å². The molecule has 1 aliphatic rings. The molecule has 0 aromatic heterocycles. The number of rotatable bonds is 5. The van der Waals surface area contributed by atoms with E-state index in [-0.39, 0.29) is 12.5 Å². The topological polar surface area (TPSA) is 62.6 Å². The Morgan fingerprint density at radius 2 is 2.23 bits per heavy atom. The van der Waals surface area contributed by atoms with E-state index in [0.717, 1.165) is 5.56 Å². The zero-order valence-corrected chi connectivity index (χ0v) is 13.8. The number of thioether (sulfide) groups is 1. The predicted molar refractivity (Wildman–Crippen MR) is 89.7 cm³/mol. The zero-order chi connectivity index (χ0) is 16.1. The number of nitriles is 1. The van der Waals surface area contributed by atoms with Gasteiger partial charge in [-0.05, 0) is 30.7 Å². The van der Waals surface area contributed by atoms with Gasteiger partial charge >= 0.3 is 0 Å². The Balaban J connectivity index is 2.27. The van der Waals surface area contributed by atoms with E-state index < -0.39 is 0 Å². The Labute approximate surface area is 138 Å². The van der Waals surface area contributed by atoms with E-state index in [1.54, 1.807) is 29.2 Å². The van der Waals surface area contributed by atoms with Crippen molar-refractivity contribution in [1.29, 1.82) is 5.26 Å². The molecule has 0 radical (unpaired) electrons. The number of methoxy groups -OCH3 is 1. The Morgan fingerprint density at radius 3 is 2.82 bits per heavy atom. The van der Waals surface area contributed by atoms with Crippen LogP contribution in [-0.2, 0) is 4.79 Å². The zero-order valence-electron chi connectivity index (χ0n) is 12.2. The van der Waals surface area contributed by atoms with Crippen LogP contribution >= 0.6 is 24.0 Å². The molecule has 1 saturated heterocycles. The molecule has 1 amide bonds. The molecule has 2 rings (SSSR count). The number of thiocarbonyl (C=S) groups is 1. The standard InChI is InChI=1S/C15H14N2O3S2/c1-3-17-14(18)13(22-15(17)21)9-10-4-5-11(20-7-6-16)12(8-10)19-2/h4-5,8-9H,3,7H2,1-2H3/b13-9+. The fourth-order valence-corrected chi connectivity index (χ4v) is 3.31. The third-order valence-corrected chi connectivity index (χ3v) is 4.35. The molecule has 114 valence electrons. The van der Waals surface area contributed by atoms with Gasteiger partial charge in [0.05, 0.1) is 12.0 Å². The van der Waals surface area contributed by atoms with Crippen LogP contribution in [0, 0.1) is 11.3 Å². The number of amides is 1. The number of nitrogens with zero attached hydrogens (tertiary/aromatic N) is 2. The lowest BCUT2D eigenvalue weighted by Gasteiger charge is -2.10. The van der Waals surface area contributed by atoms with E-state index in [1.165, 1.54) is 18.9 Å². The van der Waals surface area contributed by atoms with Crippen LogP contribution in [0.4, 0.5) is 0 Å². The second kappa shape index (κ2) is 7.29. The van der Waals surface area contributed by atoms with Crippen LogP contribution in [-0.4, -0.2) is 35.4 Å². The van der Waals surface area contributed by atoms with Crippen LogP contribution < -0.4 is 9.47 Å². The summed E-state index contributed by atoms with van der Waals surface area (Å²) in [4.78, 5) is 14.3. The minimum absolute atomic E-state index is 0.0507. The average Bonchev–Trinajstić information content (AvgIpc) is 2.79. The summed E-state index contributed by atoms with van der Waals surface area (Å²) in [6, 6.07) is 7.17. The first-order valence-electron chi connectivity index (χ1n) is 6.53. The lowest BCUT2D eigenvalue weighted by atomic mass is 10.2. The van der Waals surface area contributed by atoms with Gasteiger partial charge < -0.3 is 9.47 Å². The van der Waals surface area contributed by atoms with Gasteiger partial charge in [0.1, 0.15) is 10.4 Å². The van der Waals surface area contributed by atoms with Gasteiger partial charge in [-0.1, -0.05) is 30.0 Å². The van der Waals surface area contributed by atoms with Crippen LogP contribution in [0.5, 0.6) is 11.5 Å². The van der Waals surface area contributed by atoms with Gasteiger partial charge in [-0.25, -0.2) is 0 Å². The van der Waals surface area contributed by atoms with Crippen molar-refractivity contribution in [2.24, 2.45) is 0 Å². The second-order valence-electron chi connectivity index (χ2n) is 4.28. The maximum absolute atomic E-state index is 12.2. The number of carbonyl (C=O) groups is 1. The van der Waals surface area contributed by atoms with Gasteiger partial charge in [0.15, 0.2) is 18.1 Å². The summed E-state index contributed by atoms with van der Waals surface area (Å²) in [5.41, 5.74) is 0.803. The quantitative estimate of drug-likeness (QED) is 0.609. The van der Waals surface area contributed by atoms with Crippen LogP contribution in [0.3, 0.4) is 0 Å². The van der Waals surface area contributed by atoms with E-state index in [1.807, 2.05) is 13.0 Å². The van der Waals surface area contributed by atoms with E-state index in [0.29, 0.717) is 27.3 Å². The van der Waals surface area contributed by atoms with Crippen LogP contribution in [0.15, 0.2) is 23.1 Å². The molecule has 0 atom stereocenters. The summed E-state index contributed by atoms with van der Waals surface area (Å²) in [6.45, 7) is 2.40. The molecule has 7 heteroatoms. The highest BCUT2D eigenvalue weighted by Gasteiger charge is 2.30. The highest BCUT2D eigenvalue weighted by molar-refractivity contribution is 8.26. The first-order valence-corrected chi connectivity index (χ1v) is 7.76. The number of ether oxygens (including phenoxy) is 2. The highest BCUT2D eigenvalue weighted by atomic mass is 32.2. The summed E-state index contributed by atoms with van der Waals surface area (Å²) in [6.07, 6.45) is 1.77. The minimum atomic E-state index is -0.0822. The van der Waals surface area contributed by atoms with Crippen molar-refractivity contribution in [2.45, 2.75) is 6.92 Å². The Bertz CT molecular complexity index is 680. The van der Waals surface area contributed by atoms with Gasteiger partial charge in [-0.3, -0.25) is 9.69 Å². The summed E-state index contributed by atoms with van der Waals surface area (Å²) in [5, 5.41) is 8.56. The first kappa shape index (κ1) is 16.3. The number of hydrogen-bond acceptors (Lipinski definition) is 6. The fourth-order valence-electron chi connectivity index (χ4n) is 1.93. The van der Waals surface area contributed by atoms with E-state index >= 15 is 0 Å². The maximum Gasteiger partial charge on any atom is 0.266 e. The minimum Gasteiger partial charge on any atom is -0.493 e. The first-order chi connectivity index (χ1) is 10.6. The fraction of sp³-hybridized carbons (Fsp3) is 0.267. The van der Waals surface area contributed by atoms with E-state index in [2.05, 4.69) is 0 Å². The molecule has 0 spiro atoms. The number of likely N-dealkylation sites (N-methyl/N-ethyl adjacent to an activating group) is 1. The second-order valence-corrected chi connectivity index (χ2v) is 5.96. The van der Waals surface area contributed by atoms with Crippen molar-refractivity contribution in [3.63, 3.8) is 0 Å². The summed E-state index contributed by atoms with van der Waals surface area (Å²) in [7, 11) is 1.52. The third kappa shape index (κ3) is 3.40. The molecule has 0 unspecified atom stereocenters. The number of benzene rings is 1. The van der Waals surface area contributed by atoms with Crippen molar-refractivity contribution in [1.82, 2.24) is 4.90 Å². The van der Waals surface area contributed by atoms with Gasteiger partial charge in [0.2, 0.25) is 0 Å². The molecular formula is C15H14N2O3S2. The Hall–Kier alpha value is -2.04. The third-order valence-electron chi connectivity index (χ3n) is 2.97. The van der Waals surface area contributed by atoms with Crippen molar-refractivity contribution in [3.05, 3.63) is 28.7 Å². The SMILES string of the molecule is CCN1C(=O)/C(=C\c2ccc(OCC#N)c(OC)c2)SC1=S. The number of carbonyl (C=O) groups excluding carboxylic acids is 1. The van der Waals surface area contributed by atoms with Crippen LogP contribution in [0.2, 0.25) is 0 Å². The molecule has 0 saturated carbocycles. The largest absolute Gasteiger partial charge is 0.493 e. The van der Waals surface area contributed by atoms with Gasteiger partial charge in [0.25, 0.3) is 5.91 Å². The maximum atomic E-state index is 12.2. The molecular weight excluding hydrogens is 320 g/mol. The molecule has 5 nitrogen and oxygen atoms in total. The van der Waals surface area contributed by atoms with Gasteiger partial charge in [-0.2, -0.15) is 5.26 Å². The molecule has 0 aliphatic carbocycles. The molecule has 1 fully saturated rings. The predicted octanol–water partition coefficient (Wildman–Crippen LogP) is 2.82. The molecule has 1 aromatic rings. The van der Waals surface area contributed by atoms with Crippen molar-refractivity contribution >= 4 is 40.3 Å². The van der Waals surface area contributed by atoms with Crippen molar-refractivity contribution in [2.75, 3.05) is 20.3 Å². The molecule has 0 bridgehead atoms.